The topological polar surface area (TPSA) is 9.23 Å². The van der Waals surface area contributed by atoms with E-state index in [-0.39, 0.29) is 0 Å². The van der Waals surface area contributed by atoms with Crippen LogP contribution in [0.5, 0.6) is 5.75 Å². The van der Waals surface area contributed by atoms with E-state index in [1.165, 1.54) is 5.55 Å². The van der Waals surface area contributed by atoms with Gasteiger partial charge in [-0.05, 0) is 36.5 Å². The van der Waals surface area contributed by atoms with Gasteiger partial charge in [0.05, 0.1) is 0 Å². The second kappa shape index (κ2) is 3.58. The third-order valence-corrected chi connectivity index (χ3v) is 1.42. The number of hydrogen-bond donors (Lipinski definition) is 1. The molecular formula is C7H6OS2. The maximum Gasteiger partial charge on any atom is 0.154 e. The number of ether oxygens (including phenoxy) is 1. The van der Waals surface area contributed by atoms with Crippen molar-refractivity contribution in [1.82, 2.24) is 0 Å². The van der Waals surface area contributed by atoms with Crippen molar-refractivity contribution < 1.29 is 4.74 Å². The van der Waals surface area contributed by atoms with Crippen molar-refractivity contribution in [3.8, 4) is 5.75 Å². The highest BCUT2D eigenvalue weighted by molar-refractivity contribution is 7.80. The van der Waals surface area contributed by atoms with E-state index < -0.39 is 0 Å². The zero-order valence-corrected chi connectivity index (χ0v) is 6.86. The molecule has 1 nitrogen and oxygen atoms in total. The van der Waals surface area contributed by atoms with Crippen LogP contribution in [0.3, 0.4) is 0 Å². The predicted octanol–water partition coefficient (Wildman–Crippen LogP) is 2.31. The number of thiocarbonyl (C=S) groups is 1. The summed E-state index contributed by atoms with van der Waals surface area (Å²) in [6.45, 7) is 0. The maximum atomic E-state index is 4.92. The fourth-order valence-corrected chi connectivity index (χ4v) is 0.840. The molecule has 1 aromatic carbocycles. The van der Waals surface area contributed by atoms with Crippen LogP contribution < -0.4 is 4.74 Å². The summed E-state index contributed by atoms with van der Waals surface area (Å²) in [5.41, 5.74) is 1.23. The van der Waals surface area contributed by atoms with Gasteiger partial charge >= 0.3 is 0 Å². The van der Waals surface area contributed by atoms with Crippen LogP contribution in [0, 0.1) is 0 Å². The van der Waals surface area contributed by atoms with Gasteiger partial charge in [0.15, 0.2) is 5.55 Å². The van der Waals surface area contributed by atoms with E-state index in [0.29, 0.717) is 0 Å². The summed E-state index contributed by atoms with van der Waals surface area (Å²) in [6.07, 6.45) is 0. The minimum atomic E-state index is 0.743. The van der Waals surface area contributed by atoms with Gasteiger partial charge in [0.25, 0.3) is 0 Å². The van der Waals surface area contributed by atoms with Gasteiger partial charge in [-0.15, -0.1) is 12.6 Å². The second-order valence-electron chi connectivity index (χ2n) is 1.71. The van der Waals surface area contributed by atoms with Crippen molar-refractivity contribution in [3.63, 3.8) is 0 Å². The van der Waals surface area contributed by atoms with Crippen LogP contribution in [0.15, 0.2) is 29.2 Å². The van der Waals surface area contributed by atoms with E-state index in [1.54, 1.807) is 0 Å². The van der Waals surface area contributed by atoms with Crippen LogP contribution in [0.4, 0.5) is 0 Å². The highest BCUT2D eigenvalue weighted by Gasteiger charge is 1.88. The van der Waals surface area contributed by atoms with Crippen molar-refractivity contribution in [2.75, 3.05) is 0 Å². The van der Waals surface area contributed by atoms with Gasteiger partial charge < -0.3 is 4.74 Å². The minimum absolute atomic E-state index is 0.743. The molecule has 1 rings (SSSR count). The van der Waals surface area contributed by atoms with Crippen LogP contribution in [0.25, 0.3) is 0 Å². The van der Waals surface area contributed by atoms with Crippen LogP contribution in [-0.4, -0.2) is 5.55 Å². The molecular weight excluding hydrogens is 164 g/mol. The van der Waals surface area contributed by atoms with E-state index >= 15 is 0 Å². The van der Waals surface area contributed by atoms with E-state index in [1.807, 2.05) is 24.3 Å². The zero-order valence-electron chi connectivity index (χ0n) is 5.15. The van der Waals surface area contributed by atoms with E-state index in [9.17, 15) is 0 Å². The largest absolute Gasteiger partial charge is 0.454 e. The molecule has 1 aromatic rings. The number of rotatable bonds is 2. The SMILES string of the molecule is S=COc1ccc(S)cc1. The molecule has 0 aromatic heterocycles. The average molecular weight is 170 g/mol. The molecule has 3 heteroatoms. The quantitative estimate of drug-likeness (QED) is 0.539. The van der Waals surface area contributed by atoms with Crippen LogP contribution in [0.1, 0.15) is 0 Å². The monoisotopic (exact) mass is 170 g/mol. The van der Waals surface area contributed by atoms with Crippen molar-refractivity contribution in [2.24, 2.45) is 0 Å². The lowest BCUT2D eigenvalue weighted by Gasteiger charge is -1.96. The molecule has 0 N–H and O–H groups in total. The Hall–Kier alpha value is -0.540. The predicted molar refractivity (Wildman–Crippen MR) is 48.0 cm³/mol. The van der Waals surface area contributed by atoms with E-state index in [4.69, 9.17) is 4.74 Å². The van der Waals surface area contributed by atoms with Crippen molar-refractivity contribution in [1.29, 1.82) is 0 Å². The molecule has 0 aliphatic carbocycles. The Bertz CT molecular complexity index is 218. The molecule has 0 heterocycles. The standard InChI is InChI=1S/C7H6OS2/c9-5-8-6-1-3-7(10)4-2-6/h1-5,10H. The molecule has 0 aliphatic heterocycles. The minimum Gasteiger partial charge on any atom is -0.454 e. The summed E-state index contributed by atoms with van der Waals surface area (Å²) in [5.74, 6) is 0.743. The second-order valence-corrected chi connectivity index (χ2v) is 2.42. The van der Waals surface area contributed by atoms with Crippen LogP contribution in [0.2, 0.25) is 0 Å². The smallest absolute Gasteiger partial charge is 0.154 e. The first-order valence-corrected chi connectivity index (χ1v) is 3.64. The summed E-state index contributed by atoms with van der Waals surface area (Å²) in [5, 5.41) is 0. The summed E-state index contributed by atoms with van der Waals surface area (Å²) in [4.78, 5) is 0.914. The first kappa shape index (κ1) is 7.57. The van der Waals surface area contributed by atoms with Crippen molar-refractivity contribution in [3.05, 3.63) is 24.3 Å². The molecule has 0 amide bonds. The molecule has 52 valence electrons. The van der Waals surface area contributed by atoms with Gasteiger partial charge in [0.1, 0.15) is 5.75 Å². The molecule has 0 atom stereocenters. The van der Waals surface area contributed by atoms with Gasteiger partial charge in [-0.25, -0.2) is 0 Å². The van der Waals surface area contributed by atoms with Crippen LogP contribution >= 0.6 is 24.8 Å². The molecule has 0 aliphatic rings. The summed E-state index contributed by atoms with van der Waals surface area (Å²) >= 11 is 8.61. The van der Waals surface area contributed by atoms with Crippen molar-refractivity contribution in [2.45, 2.75) is 4.90 Å². The molecule has 0 bridgehead atoms. The van der Waals surface area contributed by atoms with Crippen LogP contribution in [-0.2, 0) is 0 Å². The lowest BCUT2D eigenvalue weighted by Crippen LogP contribution is -1.84. The molecule has 0 saturated carbocycles. The Labute approximate surface area is 70.4 Å². The number of hydrogen-bond acceptors (Lipinski definition) is 3. The lowest BCUT2D eigenvalue weighted by atomic mass is 10.3. The summed E-state index contributed by atoms with van der Waals surface area (Å²) < 4.78 is 4.92. The number of thiol groups is 1. The van der Waals surface area contributed by atoms with Crippen molar-refractivity contribution >= 4 is 30.4 Å². The molecule has 0 radical (unpaired) electrons. The van der Waals surface area contributed by atoms with Gasteiger partial charge in [-0.3, -0.25) is 0 Å². The number of benzene rings is 1. The van der Waals surface area contributed by atoms with Gasteiger partial charge in [0.2, 0.25) is 0 Å². The maximum absolute atomic E-state index is 4.92. The molecule has 10 heavy (non-hydrogen) atoms. The molecule has 0 unspecified atom stereocenters. The Morgan fingerprint density at radius 1 is 1.30 bits per heavy atom. The first-order chi connectivity index (χ1) is 4.83. The molecule has 0 spiro atoms. The molecule has 0 fully saturated rings. The Morgan fingerprint density at radius 2 is 1.90 bits per heavy atom. The molecule has 0 saturated heterocycles. The third kappa shape index (κ3) is 2.01. The van der Waals surface area contributed by atoms with E-state index in [2.05, 4.69) is 24.8 Å². The lowest BCUT2D eigenvalue weighted by molar-refractivity contribution is 0.585. The Kier molecular flexibility index (Phi) is 2.71. The Morgan fingerprint density at radius 3 is 2.40 bits per heavy atom. The first-order valence-electron chi connectivity index (χ1n) is 2.72. The Balaban J connectivity index is 2.78. The van der Waals surface area contributed by atoms with Gasteiger partial charge in [-0.2, -0.15) is 0 Å². The normalized spacial score (nSPS) is 8.90. The average Bonchev–Trinajstić information content (AvgIpc) is 1.95. The fourth-order valence-electron chi connectivity index (χ4n) is 0.580. The highest BCUT2D eigenvalue weighted by atomic mass is 32.1. The van der Waals surface area contributed by atoms with Gasteiger partial charge in [0, 0.05) is 4.90 Å². The fraction of sp³-hybridized carbons (Fsp3) is 0. The van der Waals surface area contributed by atoms with E-state index in [0.717, 1.165) is 10.6 Å². The highest BCUT2D eigenvalue weighted by Crippen LogP contribution is 2.13. The summed E-state index contributed by atoms with van der Waals surface area (Å²) in [6, 6.07) is 7.31. The third-order valence-electron chi connectivity index (χ3n) is 1.02. The summed E-state index contributed by atoms with van der Waals surface area (Å²) in [7, 11) is 0. The zero-order chi connectivity index (χ0) is 7.40. The van der Waals surface area contributed by atoms with Gasteiger partial charge in [-0.1, -0.05) is 0 Å².